The van der Waals surface area contributed by atoms with Gasteiger partial charge in [0.1, 0.15) is 6.23 Å². The highest BCUT2D eigenvalue weighted by atomic mass is 35.5. The molecular formula is C18H20Cl2N2O4S. The first-order valence-electron chi connectivity index (χ1n) is 8.59. The Morgan fingerprint density at radius 2 is 2.04 bits per heavy atom. The summed E-state index contributed by atoms with van der Waals surface area (Å²) in [5, 5.41) is 11.5. The van der Waals surface area contributed by atoms with Crippen molar-refractivity contribution in [2.24, 2.45) is 0 Å². The van der Waals surface area contributed by atoms with Gasteiger partial charge in [-0.05, 0) is 24.1 Å². The first-order valence-corrected chi connectivity index (χ1v) is 10.5. The second-order valence-corrected chi connectivity index (χ2v) is 8.17. The zero-order chi connectivity index (χ0) is 19.6. The molecular weight excluding hydrogens is 411 g/mol. The van der Waals surface area contributed by atoms with Crippen LogP contribution < -0.4 is 11.2 Å². The van der Waals surface area contributed by atoms with Crippen LogP contribution in [0.4, 0.5) is 0 Å². The molecule has 1 aromatic heterocycles. The van der Waals surface area contributed by atoms with Gasteiger partial charge in [-0.15, -0.1) is 0 Å². The fourth-order valence-electron chi connectivity index (χ4n) is 2.98. The quantitative estimate of drug-likeness (QED) is 0.735. The van der Waals surface area contributed by atoms with Gasteiger partial charge in [-0.25, -0.2) is 4.79 Å². The molecule has 0 aliphatic carbocycles. The molecule has 27 heavy (non-hydrogen) atoms. The number of aromatic nitrogens is 2. The Morgan fingerprint density at radius 3 is 2.70 bits per heavy atom. The van der Waals surface area contributed by atoms with Gasteiger partial charge in [0.25, 0.3) is 5.56 Å². The topological polar surface area (TPSA) is 84.3 Å². The van der Waals surface area contributed by atoms with Gasteiger partial charge in [-0.1, -0.05) is 36.2 Å². The van der Waals surface area contributed by atoms with E-state index in [4.69, 9.17) is 27.9 Å². The Morgan fingerprint density at radius 1 is 1.33 bits per heavy atom. The van der Waals surface area contributed by atoms with Crippen LogP contribution in [0.25, 0.3) is 0 Å². The number of thioether (sulfide) groups is 1. The van der Waals surface area contributed by atoms with Gasteiger partial charge >= 0.3 is 5.69 Å². The van der Waals surface area contributed by atoms with E-state index in [1.165, 1.54) is 10.8 Å². The lowest BCUT2D eigenvalue weighted by Gasteiger charge is -2.16. The lowest BCUT2D eigenvalue weighted by molar-refractivity contribution is -0.00767. The number of nitrogens with one attached hydrogen (secondary N) is 1. The average Bonchev–Trinajstić information content (AvgIpc) is 2.98. The van der Waals surface area contributed by atoms with Crippen molar-refractivity contribution in [2.45, 2.75) is 44.0 Å². The van der Waals surface area contributed by atoms with Crippen LogP contribution in [0.2, 0.25) is 10.0 Å². The molecule has 6 nitrogen and oxygen atoms in total. The number of rotatable bonds is 6. The van der Waals surface area contributed by atoms with E-state index in [0.29, 0.717) is 33.5 Å². The number of ether oxygens (including phenoxy) is 1. The number of H-pyrrole nitrogens is 1. The lowest BCUT2D eigenvalue weighted by Crippen LogP contribution is -2.34. The van der Waals surface area contributed by atoms with Crippen LogP contribution >= 0.6 is 35.0 Å². The van der Waals surface area contributed by atoms with Crippen LogP contribution in [0.1, 0.15) is 30.7 Å². The average molecular weight is 431 g/mol. The Bertz CT molecular complexity index is 910. The van der Waals surface area contributed by atoms with Gasteiger partial charge in [0.05, 0.1) is 12.2 Å². The minimum Gasteiger partial charge on any atom is -0.390 e. The highest BCUT2D eigenvalue weighted by molar-refractivity contribution is 7.98. The Kier molecular flexibility index (Phi) is 6.70. The summed E-state index contributed by atoms with van der Waals surface area (Å²) in [6, 6.07) is 5.36. The van der Waals surface area contributed by atoms with Gasteiger partial charge in [0.15, 0.2) is 0 Å². The van der Waals surface area contributed by atoms with Gasteiger partial charge < -0.3 is 9.84 Å². The summed E-state index contributed by atoms with van der Waals surface area (Å²) >= 11 is 13.9. The summed E-state index contributed by atoms with van der Waals surface area (Å²) in [4.78, 5) is 26.1. The van der Waals surface area contributed by atoms with E-state index in [1.54, 1.807) is 30.0 Å². The maximum Gasteiger partial charge on any atom is 0.330 e. The molecule has 0 amide bonds. The SMILES string of the molecule is CCc1cn([C@@H]2CC(O)[C@H](CSCc3c(Cl)cccc3Cl)O2)c(=O)[nH]c1=O. The summed E-state index contributed by atoms with van der Waals surface area (Å²) < 4.78 is 7.23. The largest absolute Gasteiger partial charge is 0.390 e. The smallest absolute Gasteiger partial charge is 0.330 e. The Balaban J connectivity index is 1.65. The number of halogens is 2. The lowest BCUT2D eigenvalue weighted by atomic mass is 10.2. The normalized spacial score (nSPS) is 22.3. The molecule has 1 aliphatic heterocycles. The summed E-state index contributed by atoms with van der Waals surface area (Å²) in [5.74, 6) is 1.12. The second kappa shape index (κ2) is 8.84. The number of aliphatic hydroxyl groups excluding tert-OH is 1. The van der Waals surface area contributed by atoms with E-state index in [0.717, 1.165) is 5.56 Å². The third-order valence-electron chi connectivity index (χ3n) is 4.53. The molecule has 3 rings (SSSR count). The molecule has 1 aliphatic rings. The first-order chi connectivity index (χ1) is 12.9. The van der Waals surface area contributed by atoms with Gasteiger partial charge in [0.2, 0.25) is 0 Å². The van der Waals surface area contributed by atoms with E-state index in [2.05, 4.69) is 4.98 Å². The van der Waals surface area contributed by atoms with Crippen molar-refractivity contribution < 1.29 is 9.84 Å². The second-order valence-electron chi connectivity index (χ2n) is 6.32. The van der Waals surface area contributed by atoms with Crippen LogP contribution in [0.15, 0.2) is 34.0 Å². The number of nitrogens with zero attached hydrogens (tertiary/aromatic N) is 1. The number of aryl methyl sites for hydroxylation is 1. The van der Waals surface area contributed by atoms with Crippen molar-refractivity contribution in [3.8, 4) is 0 Å². The number of aromatic amines is 1. The predicted molar refractivity (Wildman–Crippen MR) is 108 cm³/mol. The third kappa shape index (κ3) is 4.60. The van der Waals surface area contributed by atoms with Crippen molar-refractivity contribution in [2.75, 3.05) is 5.75 Å². The molecule has 0 radical (unpaired) electrons. The summed E-state index contributed by atoms with van der Waals surface area (Å²) in [6.07, 6.45) is 0.565. The molecule has 2 aromatic rings. The molecule has 2 heterocycles. The van der Waals surface area contributed by atoms with Crippen molar-refractivity contribution >= 4 is 35.0 Å². The number of hydrogen-bond acceptors (Lipinski definition) is 5. The summed E-state index contributed by atoms with van der Waals surface area (Å²) in [7, 11) is 0. The number of hydrogen-bond donors (Lipinski definition) is 2. The standard InChI is InChI=1S/C18H20Cl2N2O4S/c1-2-10-7-22(18(25)21-17(10)24)16-6-14(23)15(26-16)9-27-8-11-12(19)4-3-5-13(11)20/h3-5,7,14-16,23H,2,6,8-9H2,1H3,(H,21,24,25)/t14?,15-,16-/m0/s1. The molecule has 1 unspecified atom stereocenters. The molecule has 1 aromatic carbocycles. The van der Waals surface area contributed by atoms with Gasteiger partial charge in [-0.3, -0.25) is 14.3 Å². The van der Waals surface area contributed by atoms with E-state index < -0.39 is 24.1 Å². The Labute approximate surface area is 170 Å². The number of aliphatic hydroxyl groups is 1. The summed E-state index contributed by atoms with van der Waals surface area (Å²) in [5.41, 5.74) is 0.421. The minimum absolute atomic E-state index is 0.285. The monoisotopic (exact) mass is 430 g/mol. The van der Waals surface area contributed by atoms with Crippen molar-refractivity contribution in [1.29, 1.82) is 0 Å². The summed E-state index contributed by atoms with van der Waals surface area (Å²) in [6.45, 7) is 1.84. The van der Waals surface area contributed by atoms with Crippen molar-refractivity contribution in [3.63, 3.8) is 0 Å². The van der Waals surface area contributed by atoms with Crippen molar-refractivity contribution in [1.82, 2.24) is 9.55 Å². The van der Waals surface area contributed by atoms with E-state index in [9.17, 15) is 14.7 Å². The molecule has 1 fully saturated rings. The van der Waals surface area contributed by atoms with Gasteiger partial charge in [-0.2, -0.15) is 11.8 Å². The van der Waals surface area contributed by atoms with Crippen LogP contribution in [-0.2, 0) is 16.9 Å². The van der Waals surface area contributed by atoms with Crippen LogP contribution in [0, 0.1) is 0 Å². The molecule has 9 heteroatoms. The molecule has 1 saturated heterocycles. The van der Waals surface area contributed by atoms with E-state index >= 15 is 0 Å². The molecule has 0 saturated carbocycles. The van der Waals surface area contributed by atoms with Gasteiger partial charge in [0, 0.05) is 39.7 Å². The highest BCUT2D eigenvalue weighted by Crippen LogP contribution is 2.32. The fraction of sp³-hybridized carbons (Fsp3) is 0.444. The molecule has 2 N–H and O–H groups in total. The predicted octanol–water partition coefficient (Wildman–Crippen LogP) is 2.99. The third-order valence-corrected chi connectivity index (χ3v) is 6.29. The zero-order valence-electron chi connectivity index (χ0n) is 14.7. The van der Waals surface area contributed by atoms with E-state index in [-0.39, 0.29) is 12.0 Å². The first kappa shape index (κ1) is 20.5. The minimum atomic E-state index is -0.701. The highest BCUT2D eigenvalue weighted by Gasteiger charge is 2.35. The molecule has 3 atom stereocenters. The zero-order valence-corrected chi connectivity index (χ0v) is 17.0. The molecule has 0 spiro atoms. The molecule has 146 valence electrons. The van der Waals surface area contributed by atoms with E-state index in [1.807, 2.05) is 6.92 Å². The van der Waals surface area contributed by atoms with Crippen molar-refractivity contribution in [3.05, 3.63) is 66.4 Å². The maximum atomic E-state index is 12.1. The number of benzene rings is 1. The molecule has 0 bridgehead atoms. The van der Waals surface area contributed by atoms with Crippen LogP contribution in [0.5, 0.6) is 0 Å². The Hall–Kier alpha value is -1.25. The maximum absolute atomic E-state index is 12.1. The fourth-order valence-corrected chi connectivity index (χ4v) is 4.83. The van der Waals surface area contributed by atoms with Crippen LogP contribution in [-0.4, -0.2) is 32.6 Å². The van der Waals surface area contributed by atoms with Crippen LogP contribution in [0.3, 0.4) is 0 Å².